The Morgan fingerprint density at radius 1 is 1.00 bits per heavy atom. The van der Waals surface area contributed by atoms with Crippen molar-refractivity contribution >= 4 is 22.8 Å². The second kappa shape index (κ2) is 7.86. The summed E-state index contributed by atoms with van der Waals surface area (Å²) in [6, 6.07) is 7.90. The molecule has 3 aromatic rings. The predicted octanol–water partition coefficient (Wildman–Crippen LogP) is 0.296. The second-order valence-corrected chi connectivity index (χ2v) is 7.89. The third-order valence-corrected chi connectivity index (χ3v) is 6.04. The lowest BCUT2D eigenvalue weighted by Crippen LogP contribution is -2.38. The van der Waals surface area contributed by atoms with Crippen LogP contribution in [0.4, 0.5) is 11.6 Å². The lowest BCUT2D eigenvalue weighted by Gasteiger charge is -2.26. The van der Waals surface area contributed by atoms with Crippen LogP contribution in [0.3, 0.4) is 0 Å². The van der Waals surface area contributed by atoms with Crippen LogP contribution in [0.1, 0.15) is 0 Å². The molecule has 0 spiro atoms. The summed E-state index contributed by atoms with van der Waals surface area (Å²) >= 11 is 0. The molecule has 0 N–H and O–H groups in total. The zero-order valence-corrected chi connectivity index (χ0v) is 17.8. The third-order valence-electron chi connectivity index (χ3n) is 6.04. The standard InChI is InChI=1S/C21H26N6O4/c1-23-18-17(19(28)24(2)21(23)29)27-8-7-26(20(27)22-18)15-3-5-16(6-4-15)31-14-11-25-9-12-30-13-10-25/h3-6H,7-14H2,1-2H3. The molecule has 4 heterocycles. The quantitative estimate of drug-likeness (QED) is 0.580. The predicted molar refractivity (Wildman–Crippen MR) is 116 cm³/mol. The molecule has 0 atom stereocenters. The van der Waals surface area contributed by atoms with Gasteiger partial charge in [0.2, 0.25) is 5.95 Å². The minimum Gasteiger partial charge on any atom is -0.492 e. The summed E-state index contributed by atoms with van der Waals surface area (Å²) < 4.78 is 15.7. The Kier molecular flexibility index (Phi) is 5.03. The van der Waals surface area contributed by atoms with Crippen LogP contribution in [0, 0.1) is 0 Å². The Balaban J connectivity index is 1.34. The van der Waals surface area contributed by atoms with Crippen LogP contribution in [0.2, 0.25) is 0 Å². The number of hydrogen-bond donors (Lipinski definition) is 0. The number of anilines is 2. The maximum Gasteiger partial charge on any atom is 0.332 e. The number of nitrogens with zero attached hydrogens (tertiary/aromatic N) is 6. The van der Waals surface area contributed by atoms with Crippen LogP contribution < -0.4 is 20.9 Å². The molecule has 2 aromatic heterocycles. The molecule has 0 bridgehead atoms. The van der Waals surface area contributed by atoms with Gasteiger partial charge in [0, 0.05) is 52.5 Å². The molecule has 31 heavy (non-hydrogen) atoms. The van der Waals surface area contributed by atoms with Crippen molar-refractivity contribution < 1.29 is 9.47 Å². The number of aromatic nitrogens is 4. The van der Waals surface area contributed by atoms with E-state index in [1.165, 1.54) is 11.6 Å². The van der Waals surface area contributed by atoms with E-state index in [2.05, 4.69) is 14.8 Å². The topological polar surface area (TPSA) is 86.8 Å². The summed E-state index contributed by atoms with van der Waals surface area (Å²) in [5, 5.41) is 0. The van der Waals surface area contributed by atoms with Crippen LogP contribution >= 0.6 is 0 Å². The van der Waals surface area contributed by atoms with Gasteiger partial charge in [-0.1, -0.05) is 0 Å². The molecular weight excluding hydrogens is 400 g/mol. The number of benzene rings is 1. The van der Waals surface area contributed by atoms with Crippen molar-refractivity contribution in [2.45, 2.75) is 6.54 Å². The first kappa shape index (κ1) is 19.8. The van der Waals surface area contributed by atoms with Crippen molar-refractivity contribution in [3.8, 4) is 5.75 Å². The molecule has 0 unspecified atom stereocenters. The Hall–Kier alpha value is -3.11. The van der Waals surface area contributed by atoms with Crippen molar-refractivity contribution in [2.24, 2.45) is 14.1 Å². The number of imidazole rings is 1. The van der Waals surface area contributed by atoms with E-state index in [9.17, 15) is 9.59 Å². The van der Waals surface area contributed by atoms with Crippen molar-refractivity contribution in [3.05, 3.63) is 45.1 Å². The molecule has 164 valence electrons. The number of morpholine rings is 1. The van der Waals surface area contributed by atoms with E-state index in [0.717, 1.165) is 48.9 Å². The van der Waals surface area contributed by atoms with E-state index in [1.807, 2.05) is 28.8 Å². The van der Waals surface area contributed by atoms with E-state index in [4.69, 9.17) is 9.47 Å². The van der Waals surface area contributed by atoms with Crippen LogP contribution in [0.15, 0.2) is 33.9 Å². The molecule has 0 aliphatic carbocycles. The molecule has 10 nitrogen and oxygen atoms in total. The molecule has 10 heteroatoms. The van der Waals surface area contributed by atoms with E-state index in [0.29, 0.717) is 36.8 Å². The molecule has 0 saturated carbocycles. The van der Waals surface area contributed by atoms with E-state index >= 15 is 0 Å². The highest BCUT2D eigenvalue weighted by Crippen LogP contribution is 2.32. The first-order chi connectivity index (χ1) is 15.0. The Labute approximate surface area is 178 Å². The summed E-state index contributed by atoms with van der Waals surface area (Å²) in [6.07, 6.45) is 0. The first-order valence-corrected chi connectivity index (χ1v) is 10.5. The van der Waals surface area contributed by atoms with Gasteiger partial charge in [-0.3, -0.25) is 18.8 Å². The maximum atomic E-state index is 12.7. The average Bonchev–Trinajstić information content (AvgIpc) is 3.37. The third kappa shape index (κ3) is 3.41. The van der Waals surface area contributed by atoms with E-state index < -0.39 is 0 Å². The van der Waals surface area contributed by atoms with Crippen molar-refractivity contribution in [3.63, 3.8) is 0 Å². The highest BCUT2D eigenvalue weighted by Gasteiger charge is 2.28. The smallest absolute Gasteiger partial charge is 0.332 e. The van der Waals surface area contributed by atoms with Crippen molar-refractivity contribution in [1.29, 1.82) is 0 Å². The van der Waals surface area contributed by atoms with Gasteiger partial charge in [-0.05, 0) is 24.3 Å². The summed E-state index contributed by atoms with van der Waals surface area (Å²) in [7, 11) is 3.13. The largest absolute Gasteiger partial charge is 0.492 e. The van der Waals surface area contributed by atoms with Gasteiger partial charge in [0.15, 0.2) is 11.2 Å². The number of ether oxygens (including phenoxy) is 2. The van der Waals surface area contributed by atoms with Gasteiger partial charge in [-0.2, -0.15) is 4.98 Å². The van der Waals surface area contributed by atoms with Gasteiger partial charge < -0.3 is 18.9 Å². The zero-order chi connectivity index (χ0) is 21.5. The number of rotatable bonds is 5. The maximum absolute atomic E-state index is 12.7. The summed E-state index contributed by atoms with van der Waals surface area (Å²) in [5.74, 6) is 1.50. The lowest BCUT2D eigenvalue weighted by atomic mass is 10.3. The Morgan fingerprint density at radius 2 is 1.74 bits per heavy atom. The van der Waals surface area contributed by atoms with Gasteiger partial charge in [0.05, 0.1) is 13.2 Å². The number of aryl methyl sites for hydroxylation is 1. The minimum absolute atomic E-state index is 0.317. The fraction of sp³-hybridized carbons (Fsp3) is 0.476. The van der Waals surface area contributed by atoms with Crippen LogP contribution in [-0.2, 0) is 25.4 Å². The zero-order valence-electron chi connectivity index (χ0n) is 17.8. The van der Waals surface area contributed by atoms with Crippen LogP contribution in [0.5, 0.6) is 5.75 Å². The number of hydrogen-bond acceptors (Lipinski definition) is 7. The molecular formula is C21H26N6O4. The lowest BCUT2D eigenvalue weighted by molar-refractivity contribution is 0.0322. The fourth-order valence-electron chi connectivity index (χ4n) is 4.24. The molecule has 1 saturated heterocycles. The van der Waals surface area contributed by atoms with Gasteiger partial charge in [0.1, 0.15) is 12.4 Å². The molecule has 2 aliphatic heterocycles. The SMILES string of the molecule is Cn1c(=O)c2c(nc3n2CCN3c2ccc(OCCN3CCOCC3)cc2)n(C)c1=O. The summed E-state index contributed by atoms with van der Waals surface area (Å²) in [6.45, 7) is 6.34. The van der Waals surface area contributed by atoms with Gasteiger partial charge in [0.25, 0.3) is 5.56 Å². The molecule has 1 fully saturated rings. The first-order valence-electron chi connectivity index (χ1n) is 10.5. The second-order valence-electron chi connectivity index (χ2n) is 7.89. The van der Waals surface area contributed by atoms with E-state index in [1.54, 1.807) is 7.05 Å². The monoisotopic (exact) mass is 426 g/mol. The average molecular weight is 426 g/mol. The highest BCUT2D eigenvalue weighted by molar-refractivity contribution is 5.77. The molecule has 1 aromatic carbocycles. The minimum atomic E-state index is -0.376. The highest BCUT2D eigenvalue weighted by atomic mass is 16.5. The van der Waals surface area contributed by atoms with Crippen LogP contribution in [0.25, 0.3) is 11.2 Å². The Morgan fingerprint density at radius 3 is 2.48 bits per heavy atom. The molecule has 2 aliphatic rings. The Bertz CT molecular complexity index is 1220. The van der Waals surface area contributed by atoms with Crippen LogP contribution in [-0.4, -0.2) is 69.6 Å². The summed E-state index contributed by atoms with van der Waals surface area (Å²) in [4.78, 5) is 33.9. The van der Waals surface area contributed by atoms with Crippen molar-refractivity contribution in [2.75, 3.05) is 50.9 Å². The fourth-order valence-corrected chi connectivity index (χ4v) is 4.24. The molecule has 0 radical (unpaired) electrons. The van der Waals surface area contributed by atoms with Crippen molar-refractivity contribution in [1.82, 2.24) is 23.6 Å². The van der Waals surface area contributed by atoms with Gasteiger partial charge in [-0.25, -0.2) is 4.79 Å². The molecule has 0 amide bonds. The summed E-state index contributed by atoms with van der Waals surface area (Å²) in [5.41, 5.74) is 1.15. The van der Waals surface area contributed by atoms with Gasteiger partial charge >= 0.3 is 5.69 Å². The van der Waals surface area contributed by atoms with Gasteiger partial charge in [-0.15, -0.1) is 0 Å². The number of fused-ring (bicyclic) bond motifs is 3. The molecule has 5 rings (SSSR count). The van der Waals surface area contributed by atoms with E-state index in [-0.39, 0.29) is 11.2 Å². The normalized spacial score (nSPS) is 16.8.